The third kappa shape index (κ3) is 5.73. The van der Waals surface area contributed by atoms with Crippen molar-refractivity contribution >= 4 is 23.7 Å². The van der Waals surface area contributed by atoms with Crippen molar-refractivity contribution < 1.29 is 33.3 Å². The first-order valence-corrected chi connectivity index (χ1v) is 9.42. The van der Waals surface area contributed by atoms with Crippen LogP contribution in [-0.2, 0) is 28.5 Å². The Kier molecular flexibility index (Phi) is 7.44. The van der Waals surface area contributed by atoms with Crippen molar-refractivity contribution in [2.24, 2.45) is 0 Å². The van der Waals surface area contributed by atoms with Gasteiger partial charge in [-0.3, -0.25) is 0 Å². The van der Waals surface area contributed by atoms with E-state index in [-0.39, 0.29) is 30.6 Å². The second kappa shape index (κ2) is 9.62. The number of hydrogen-bond donors (Lipinski definition) is 1. The molecule has 1 aliphatic rings. The summed E-state index contributed by atoms with van der Waals surface area (Å²) in [5.41, 5.74) is 0.877. The van der Waals surface area contributed by atoms with Gasteiger partial charge in [0.2, 0.25) is 0 Å². The van der Waals surface area contributed by atoms with Gasteiger partial charge in [0.05, 0.1) is 32.4 Å². The number of nitrogens with zero attached hydrogens (tertiary/aromatic N) is 1. The molecule has 1 N–H and O–H groups in total. The molecule has 0 spiro atoms. The topological polar surface area (TPSA) is 103 Å². The highest BCUT2D eigenvalue weighted by Gasteiger charge is 2.32. The molecular weight excluding hydrogens is 392 g/mol. The van der Waals surface area contributed by atoms with Gasteiger partial charge in [0.15, 0.2) is 0 Å². The molecule has 164 valence electrons. The largest absolute Gasteiger partial charge is 0.466 e. The molecule has 1 aliphatic heterocycles. The van der Waals surface area contributed by atoms with E-state index in [0.29, 0.717) is 5.69 Å². The molecule has 1 amide bonds. The summed E-state index contributed by atoms with van der Waals surface area (Å²) in [7, 11) is 2.47. The van der Waals surface area contributed by atoms with Crippen molar-refractivity contribution in [1.29, 1.82) is 0 Å². The highest BCUT2D eigenvalue weighted by molar-refractivity contribution is 6.03. The number of carbonyl (C=O) groups excluding carboxylic acids is 3. The van der Waals surface area contributed by atoms with Gasteiger partial charge in [-0.2, -0.15) is 0 Å². The van der Waals surface area contributed by atoms with Crippen LogP contribution in [-0.4, -0.2) is 51.2 Å². The van der Waals surface area contributed by atoms with E-state index in [9.17, 15) is 14.4 Å². The molecule has 1 atom stereocenters. The van der Waals surface area contributed by atoms with Crippen LogP contribution in [0, 0.1) is 0 Å². The van der Waals surface area contributed by atoms with Crippen LogP contribution in [0.4, 0.5) is 10.5 Å². The fourth-order valence-corrected chi connectivity index (χ4v) is 2.88. The van der Waals surface area contributed by atoms with Crippen LogP contribution in [0.2, 0.25) is 0 Å². The van der Waals surface area contributed by atoms with Gasteiger partial charge in [0.1, 0.15) is 18.0 Å². The molecule has 0 aromatic heterocycles. The number of ether oxygens (including phenoxy) is 4. The van der Waals surface area contributed by atoms with Gasteiger partial charge in [0.25, 0.3) is 0 Å². The van der Waals surface area contributed by atoms with E-state index in [2.05, 4.69) is 5.32 Å². The summed E-state index contributed by atoms with van der Waals surface area (Å²) in [5, 5.41) is 2.78. The lowest BCUT2D eigenvalue weighted by molar-refractivity contribution is -0.140. The fourth-order valence-electron chi connectivity index (χ4n) is 2.88. The number of hydrogen-bond acceptors (Lipinski definition) is 8. The maximum absolute atomic E-state index is 12.4. The van der Waals surface area contributed by atoms with E-state index in [0.717, 1.165) is 5.56 Å². The van der Waals surface area contributed by atoms with E-state index < -0.39 is 23.6 Å². The number of benzene rings is 1. The summed E-state index contributed by atoms with van der Waals surface area (Å²) in [6.45, 7) is 7.15. The summed E-state index contributed by atoms with van der Waals surface area (Å²) in [4.78, 5) is 38.2. The molecule has 0 fully saturated rings. The number of methoxy groups -OCH3 is 2. The second-order valence-electron chi connectivity index (χ2n) is 7.68. The Hall–Kier alpha value is -3.07. The van der Waals surface area contributed by atoms with Crippen molar-refractivity contribution in [2.45, 2.75) is 39.3 Å². The van der Waals surface area contributed by atoms with Gasteiger partial charge in [-0.05, 0) is 45.4 Å². The van der Waals surface area contributed by atoms with Gasteiger partial charge in [0, 0.05) is 5.69 Å². The zero-order valence-electron chi connectivity index (χ0n) is 18.1. The molecule has 0 radical (unpaired) electrons. The first-order chi connectivity index (χ1) is 14.1. The number of carbonyl (C=O) groups is 3. The monoisotopic (exact) mass is 420 g/mol. The van der Waals surface area contributed by atoms with Crippen molar-refractivity contribution in [3.05, 3.63) is 41.1 Å². The predicted molar refractivity (Wildman–Crippen MR) is 109 cm³/mol. The maximum atomic E-state index is 12.4. The van der Waals surface area contributed by atoms with Crippen LogP contribution in [0.5, 0.6) is 0 Å². The standard InChI is InChI=1S/C21H28N2O7/c1-13(22-20(26)30-21(2,3)4)14-8-7-9-15(10-14)23-12-29-11-16(18(24)27-5)17(23)19(25)28-6/h7-10,13H,11-12H2,1-6H3,(H,22,26). The summed E-state index contributed by atoms with van der Waals surface area (Å²) in [5.74, 6) is -1.35. The van der Waals surface area contributed by atoms with Crippen LogP contribution < -0.4 is 10.2 Å². The van der Waals surface area contributed by atoms with E-state index in [4.69, 9.17) is 18.9 Å². The quantitative estimate of drug-likeness (QED) is 0.573. The molecule has 0 saturated carbocycles. The number of rotatable bonds is 5. The van der Waals surface area contributed by atoms with E-state index >= 15 is 0 Å². The third-order valence-corrected chi connectivity index (χ3v) is 4.25. The van der Waals surface area contributed by atoms with Crippen LogP contribution in [0.15, 0.2) is 35.5 Å². The first-order valence-electron chi connectivity index (χ1n) is 9.42. The van der Waals surface area contributed by atoms with Gasteiger partial charge in [-0.25, -0.2) is 14.4 Å². The minimum Gasteiger partial charge on any atom is -0.466 e. The molecule has 1 unspecified atom stereocenters. The number of esters is 2. The molecule has 1 aromatic carbocycles. The Morgan fingerprint density at radius 3 is 2.40 bits per heavy atom. The highest BCUT2D eigenvalue weighted by Crippen LogP contribution is 2.28. The molecule has 1 heterocycles. The maximum Gasteiger partial charge on any atom is 0.408 e. The van der Waals surface area contributed by atoms with Gasteiger partial charge in [-0.1, -0.05) is 12.1 Å². The van der Waals surface area contributed by atoms with Gasteiger partial charge < -0.3 is 29.2 Å². The van der Waals surface area contributed by atoms with E-state index in [1.165, 1.54) is 19.1 Å². The molecular formula is C21H28N2O7. The molecule has 30 heavy (non-hydrogen) atoms. The lowest BCUT2D eigenvalue weighted by atomic mass is 10.1. The molecule has 0 saturated heterocycles. The summed E-state index contributed by atoms with van der Waals surface area (Å²) >= 11 is 0. The molecule has 0 bridgehead atoms. The van der Waals surface area contributed by atoms with Gasteiger partial charge in [-0.15, -0.1) is 0 Å². The average molecular weight is 420 g/mol. The molecule has 0 aliphatic carbocycles. The SMILES string of the molecule is COC(=O)C1=C(C(=O)OC)N(c2cccc(C(C)NC(=O)OC(C)(C)C)c2)COC1. The summed E-state index contributed by atoms with van der Waals surface area (Å²) < 4.78 is 20.4. The first kappa shape index (κ1) is 23.2. The lowest BCUT2D eigenvalue weighted by Crippen LogP contribution is -2.39. The van der Waals surface area contributed by atoms with E-state index in [1.54, 1.807) is 39.0 Å². The third-order valence-electron chi connectivity index (χ3n) is 4.25. The van der Waals surface area contributed by atoms with Crippen molar-refractivity contribution in [2.75, 3.05) is 32.5 Å². The Bertz CT molecular complexity index is 842. The summed E-state index contributed by atoms with van der Waals surface area (Å²) in [6, 6.07) is 6.79. The number of anilines is 1. The molecule has 9 nitrogen and oxygen atoms in total. The van der Waals surface area contributed by atoms with Crippen molar-refractivity contribution in [3.63, 3.8) is 0 Å². The molecule has 9 heteroatoms. The fraction of sp³-hybridized carbons (Fsp3) is 0.476. The smallest absolute Gasteiger partial charge is 0.408 e. The number of alkyl carbamates (subject to hydrolysis) is 1. The summed E-state index contributed by atoms with van der Waals surface area (Å²) in [6.07, 6.45) is -0.537. The average Bonchev–Trinajstić information content (AvgIpc) is 2.70. The second-order valence-corrected chi connectivity index (χ2v) is 7.68. The Morgan fingerprint density at radius 2 is 1.80 bits per heavy atom. The zero-order chi connectivity index (χ0) is 22.5. The minimum atomic E-state index is -0.677. The molecule has 1 aromatic rings. The van der Waals surface area contributed by atoms with Crippen LogP contribution >= 0.6 is 0 Å². The normalized spacial score (nSPS) is 15.3. The van der Waals surface area contributed by atoms with Gasteiger partial charge >= 0.3 is 18.0 Å². The minimum absolute atomic E-state index is 0.0439. The van der Waals surface area contributed by atoms with Crippen LogP contribution in [0.1, 0.15) is 39.3 Å². The highest BCUT2D eigenvalue weighted by atomic mass is 16.6. The zero-order valence-corrected chi connectivity index (χ0v) is 18.1. The predicted octanol–water partition coefficient (Wildman–Crippen LogP) is 2.67. The van der Waals surface area contributed by atoms with E-state index in [1.807, 2.05) is 13.0 Å². The Morgan fingerprint density at radius 1 is 1.13 bits per heavy atom. The Balaban J connectivity index is 2.34. The van der Waals surface area contributed by atoms with Crippen molar-refractivity contribution in [3.8, 4) is 0 Å². The number of nitrogens with one attached hydrogen (secondary N) is 1. The Labute approximate surface area is 175 Å². The lowest BCUT2D eigenvalue weighted by Gasteiger charge is -2.31. The van der Waals surface area contributed by atoms with Crippen LogP contribution in [0.25, 0.3) is 0 Å². The molecule has 2 rings (SSSR count). The number of amides is 1. The van der Waals surface area contributed by atoms with Crippen LogP contribution in [0.3, 0.4) is 0 Å². The van der Waals surface area contributed by atoms with Crippen molar-refractivity contribution in [1.82, 2.24) is 5.32 Å².